The van der Waals surface area contributed by atoms with E-state index in [4.69, 9.17) is 0 Å². The number of rotatable bonds is 3. The fourth-order valence-electron chi connectivity index (χ4n) is 2.61. The highest BCUT2D eigenvalue weighted by Crippen LogP contribution is 2.24. The van der Waals surface area contributed by atoms with Crippen LogP contribution in [0.25, 0.3) is 0 Å². The molecule has 7 nitrogen and oxygen atoms in total. The van der Waals surface area contributed by atoms with Gasteiger partial charge in [-0.15, -0.1) is 11.3 Å². The van der Waals surface area contributed by atoms with Crippen LogP contribution in [0.15, 0.2) is 24.1 Å². The highest BCUT2D eigenvalue weighted by atomic mass is 32.1. The Kier molecular flexibility index (Phi) is 4.19. The Bertz CT molecular complexity index is 667. The maximum absolute atomic E-state index is 12.5. The third-order valence-electron chi connectivity index (χ3n) is 3.64. The fraction of sp³-hybridized carbons (Fsp3) is 0.429. The Balaban J connectivity index is 1.69. The van der Waals surface area contributed by atoms with E-state index in [1.54, 1.807) is 17.9 Å². The molecule has 3 heterocycles. The molecular formula is C14H17N5O2S. The van der Waals surface area contributed by atoms with E-state index in [1.807, 2.05) is 15.7 Å². The number of thiazole rings is 1. The van der Waals surface area contributed by atoms with Crippen LogP contribution in [0, 0.1) is 0 Å². The molecule has 0 saturated carbocycles. The molecule has 0 bridgehead atoms. The number of nitrogens with one attached hydrogen (secondary N) is 1. The van der Waals surface area contributed by atoms with E-state index in [0.717, 1.165) is 19.4 Å². The van der Waals surface area contributed by atoms with Gasteiger partial charge in [0.05, 0.1) is 12.4 Å². The standard InChI is InChI=1S/C14H17N5O2S/c1-10(20)16-14-17-12(8-22-14)13(21)18-5-2-3-11(7-18)19-6-4-15-9-19/h4,6,8-9,11H,2-3,5,7H2,1H3,(H,16,17,20)/t11-/m1/s1. The minimum Gasteiger partial charge on any atom is -0.335 e. The summed E-state index contributed by atoms with van der Waals surface area (Å²) in [5, 5.41) is 4.75. The van der Waals surface area contributed by atoms with Crippen LogP contribution in [-0.4, -0.2) is 44.3 Å². The van der Waals surface area contributed by atoms with Crippen molar-refractivity contribution in [2.45, 2.75) is 25.8 Å². The summed E-state index contributed by atoms with van der Waals surface area (Å²) >= 11 is 1.26. The van der Waals surface area contributed by atoms with Gasteiger partial charge in [-0.1, -0.05) is 0 Å². The second-order valence-corrected chi connectivity index (χ2v) is 6.13. The van der Waals surface area contributed by atoms with Gasteiger partial charge in [-0.2, -0.15) is 0 Å². The van der Waals surface area contributed by atoms with Gasteiger partial charge in [0.2, 0.25) is 5.91 Å². The number of carbonyl (C=O) groups excluding carboxylic acids is 2. The van der Waals surface area contributed by atoms with E-state index in [2.05, 4.69) is 15.3 Å². The zero-order valence-electron chi connectivity index (χ0n) is 12.2. The predicted octanol–water partition coefficient (Wildman–Crippen LogP) is 1.78. The van der Waals surface area contributed by atoms with Gasteiger partial charge in [-0.05, 0) is 12.8 Å². The molecule has 2 aromatic heterocycles. The zero-order valence-corrected chi connectivity index (χ0v) is 13.0. The van der Waals surface area contributed by atoms with Crippen LogP contribution in [0.1, 0.15) is 36.3 Å². The van der Waals surface area contributed by atoms with Gasteiger partial charge in [-0.25, -0.2) is 9.97 Å². The summed E-state index contributed by atoms with van der Waals surface area (Å²) in [6.07, 6.45) is 7.46. The third-order valence-corrected chi connectivity index (χ3v) is 4.39. The Hall–Kier alpha value is -2.22. The van der Waals surface area contributed by atoms with Crippen molar-refractivity contribution in [3.63, 3.8) is 0 Å². The topological polar surface area (TPSA) is 80.1 Å². The maximum Gasteiger partial charge on any atom is 0.273 e. The average Bonchev–Trinajstić information content (AvgIpc) is 3.17. The van der Waals surface area contributed by atoms with Crippen LogP contribution in [0.3, 0.4) is 0 Å². The zero-order chi connectivity index (χ0) is 15.5. The van der Waals surface area contributed by atoms with Crippen molar-refractivity contribution in [3.8, 4) is 0 Å². The van der Waals surface area contributed by atoms with E-state index < -0.39 is 0 Å². The summed E-state index contributed by atoms with van der Waals surface area (Å²) in [5.41, 5.74) is 0.389. The molecule has 3 rings (SSSR count). The summed E-state index contributed by atoms with van der Waals surface area (Å²) in [5.74, 6) is -0.274. The lowest BCUT2D eigenvalue weighted by atomic mass is 10.1. The molecule has 0 aromatic carbocycles. The normalized spacial score (nSPS) is 18.2. The van der Waals surface area contributed by atoms with Crippen molar-refractivity contribution < 1.29 is 9.59 Å². The van der Waals surface area contributed by atoms with Crippen molar-refractivity contribution in [3.05, 3.63) is 29.8 Å². The molecular weight excluding hydrogens is 302 g/mol. The van der Waals surface area contributed by atoms with E-state index in [1.165, 1.54) is 18.3 Å². The monoisotopic (exact) mass is 319 g/mol. The lowest BCUT2D eigenvalue weighted by molar-refractivity contribution is -0.114. The molecule has 1 aliphatic rings. The molecule has 8 heteroatoms. The molecule has 1 aliphatic heterocycles. The maximum atomic E-state index is 12.5. The largest absolute Gasteiger partial charge is 0.335 e. The Morgan fingerprint density at radius 2 is 2.32 bits per heavy atom. The number of carbonyl (C=O) groups is 2. The van der Waals surface area contributed by atoms with Crippen LogP contribution in [0.5, 0.6) is 0 Å². The number of hydrogen-bond donors (Lipinski definition) is 1. The summed E-state index contributed by atoms with van der Waals surface area (Å²) in [6, 6.07) is 0.258. The van der Waals surface area contributed by atoms with Crippen molar-refractivity contribution >= 4 is 28.3 Å². The number of imidazole rings is 1. The van der Waals surface area contributed by atoms with E-state index >= 15 is 0 Å². The third kappa shape index (κ3) is 3.16. The quantitative estimate of drug-likeness (QED) is 0.935. The number of hydrogen-bond acceptors (Lipinski definition) is 5. The highest BCUT2D eigenvalue weighted by Gasteiger charge is 2.26. The molecule has 1 saturated heterocycles. The summed E-state index contributed by atoms with van der Waals surface area (Å²) < 4.78 is 2.04. The molecule has 0 spiro atoms. The van der Waals surface area contributed by atoms with Crippen molar-refractivity contribution in [1.82, 2.24) is 19.4 Å². The number of likely N-dealkylation sites (tertiary alicyclic amines) is 1. The van der Waals surface area contributed by atoms with Gasteiger partial charge in [0.25, 0.3) is 5.91 Å². The Labute approximate surface area is 132 Å². The second kappa shape index (κ2) is 6.27. The fourth-order valence-corrected chi connectivity index (χ4v) is 3.34. The number of aromatic nitrogens is 3. The molecule has 1 fully saturated rings. The molecule has 2 aromatic rings. The van der Waals surface area contributed by atoms with E-state index in [0.29, 0.717) is 17.4 Å². The van der Waals surface area contributed by atoms with Gasteiger partial charge < -0.3 is 14.8 Å². The number of nitrogens with zero attached hydrogens (tertiary/aromatic N) is 4. The van der Waals surface area contributed by atoms with Crippen molar-refractivity contribution in [2.75, 3.05) is 18.4 Å². The van der Waals surface area contributed by atoms with Crippen LogP contribution in [0.4, 0.5) is 5.13 Å². The molecule has 1 N–H and O–H groups in total. The summed E-state index contributed by atoms with van der Waals surface area (Å²) in [6.45, 7) is 2.81. The molecule has 1 atom stereocenters. The summed E-state index contributed by atoms with van der Waals surface area (Å²) in [7, 11) is 0. The molecule has 2 amide bonds. The summed E-state index contributed by atoms with van der Waals surface area (Å²) in [4.78, 5) is 33.6. The number of piperidine rings is 1. The average molecular weight is 319 g/mol. The highest BCUT2D eigenvalue weighted by molar-refractivity contribution is 7.14. The first-order valence-electron chi connectivity index (χ1n) is 7.13. The molecule has 0 unspecified atom stereocenters. The van der Waals surface area contributed by atoms with E-state index in [-0.39, 0.29) is 17.9 Å². The second-order valence-electron chi connectivity index (χ2n) is 5.28. The first-order chi connectivity index (χ1) is 10.6. The van der Waals surface area contributed by atoms with Gasteiger partial charge >= 0.3 is 0 Å². The first kappa shape index (κ1) is 14.7. The predicted molar refractivity (Wildman–Crippen MR) is 82.8 cm³/mol. The van der Waals surface area contributed by atoms with Crippen LogP contribution in [-0.2, 0) is 4.79 Å². The minimum absolute atomic E-state index is 0.0855. The molecule has 116 valence electrons. The molecule has 22 heavy (non-hydrogen) atoms. The number of amides is 2. The lowest BCUT2D eigenvalue weighted by Gasteiger charge is -2.32. The molecule has 0 aliphatic carbocycles. The minimum atomic E-state index is -0.188. The Morgan fingerprint density at radius 3 is 3.05 bits per heavy atom. The molecule has 0 radical (unpaired) electrons. The van der Waals surface area contributed by atoms with Crippen LogP contribution >= 0.6 is 11.3 Å². The van der Waals surface area contributed by atoms with Gasteiger partial charge in [0.15, 0.2) is 5.13 Å². The van der Waals surface area contributed by atoms with Crippen LogP contribution < -0.4 is 5.32 Å². The Morgan fingerprint density at radius 1 is 1.45 bits per heavy atom. The van der Waals surface area contributed by atoms with Gasteiger partial charge in [-0.3, -0.25) is 9.59 Å². The van der Waals surface area contributed by atoms with Crippen molar-refractivity contribution in [2.24, 2.45) is 0 Å². The van der Waals surface area contributed by atoms with Crippen LogP contribution in [0.2, 0.25) is 0 Å². The first-order valence-corrected chi connectivity index (χ1v) is 8.01. The van der Waals surface area contributed by atoms with Gasteiger partial charge in [0, 0.05) is 37.8 Å². The SMILES string of the molecule is CC(=O)Nc1nc(C(=O)N2CCC[C@@H](n3ccnc3)C2)cs1. The van der Waals surface area contributed by atoms with Crippen molar-refractivity contribution in [1.29, 1.82) is 0 Å². The lowest BCUT2D eigenvalue weighted by Crippen LogP contribution is -2.40. The number of anilines is 1. The smallest absolute Gasteiger partial charge is 0.273 e. The van der Waals surface area contributed by atoms with Gasteiger partial charge in [0.1, 0.15) is 5.69 Å². The van der Waals surface area contributed by atoms with E-state index in [9.17, 15) is 9.59 Å².